The molecule has 5 heteroatoms. The van der Waals surface area contributed by atoms with E-state index in [4.69, 9.17) is 5.11 Å². The van der Waals surface area contributed by atoms with Gasteiger partial charge in [0.05, 0.1) is 11.3 Å². The quantitative estimate of drug-likeness (QED) is 0.870. The van der Waals surface area contributed by atoms with Crippen LogP contribution in [0.3, 0.4) is 0 Å². The largest absolute Gasteiger partial charge is 0.478 e. The van der Waals surface area contributed by atoms with Crippen LogP contribution in [-0.2, 0) is 4.79 Å². The molecule has 4 nitrogen and oxygen atoms in total. The molecule has 1 rings (SSSR count). The number of nitrogens with one attached hydrogen (secondary N) is 1. The van der Waals surface area contributed by atoms with Crippen LogP contribution in [0.15, 0.2) is 18.2 Å². The number of carboxylic acids is 1. The normalized spacial score (nSPS) is 11.1. The summed E-state index contributed by atoms with van der Waals surface area (Å²) in [6.07, 6.45) is 0.253. The topological polar surface area (TPSA) is 66.4 Å². The van der Waals surface area contributed by atoms with Gasteiger partial charge in [0.1, 0.15) is 5.82 Å². The first-order valence-corrected chi connectivity index (χ1v) is 5.52. The molecule has 0 bridgehead atoms. The minimum atomic E-state index is -1.28. The molecular formula is C13H16FNO3. The van der Waals surface area contributed by atoms with Crippen molar-refractivity contribution >= 4 is 17.6 Å². The fourth-order valence-electron chi connectivity index (χ4n) is 1.48. The molecule has 0 unspecified atom stereocenters. The first kappa shape index (κ1) is 14.2. The molecule has 0 fully saturated rings. The zero-order valence-corrected chi connectivity index (χ0v) is 10.6. The lowest BCUT2D eigenvalue weighted by molar-refractivity contribution is -0.117. The van der Waals surface area contributed by atoms with Crippen LogP contribution in [0.4, 0.5) is 10.1 Å². The van der Waals surface area contributed by atoms with Gasteiger partial charge in [-0.25, -0.2) is 9.18 Å². The number of hydrogen-bond donors (Lipinski definition) is 2. The van der Waals surface area contributed by atoms with E-state index in [2.05, 4.69) is 5.32 Å². The summed E-state index contributed by atoms with van der Waals surface area (Å²) < 4.78 is 12.9. The van der Waals surface area contributed by atoms with Crippen LogP contribution >= 0.6 is 0 Å². The van der Waals surface area contributed by atoms with Gasteiger partial charge in [0.2, 0.25) is 5.91 Å². The van der Waals surface area contributed by atoms with Crippen molar-refractivity contribution in [3.63, 3.8) is 0 Å². The third kappa shape index (κ3) is 4.16. The molecule has 1 aromatic rings. The van der Waals surface area contributed by atoms with E-state index in [1.165, 1.54) is 6.07 Å². The van der Waals surface area contributed by atoms with Gasteiger partial charge in [0.15, 0.2) is 0 Å². The molecule has 1 amide bonds. The molecule has 0 aromatic heterocycles. The van der Waals surface area contributed by atoms with Crippen LogP contribution < -0.4 is 5.32 Å². The van der Waals surface area contributed by atoms with Crippen molar-refractivity contribution in [2.75, 3.05) is 5.32 Å². The molecule has 0 radical (unpaired) electrons. The Kier molecular flexibility index (Phi) is 4.06. The minimum absolute atomic E-state index is 0.109. The first-order valence-electron chi connectivity index (χ1n) is 5.52. The number of hydrogen-bond acceptors (Lipinski definition) is 2. The summed E-state index contributed by atoms with van der Waals surface area (Å²) in [4.78, 5) is 22.6. The smallest absolute Gasteiger partial charge is 0.337 e. The lowest BCUT2D eigenvalue weighted by Crippen LogP contribution is -2.21. The Morgan fingerprint density at radius 2 is 1.94 bits per heavy atom. The van der Waals surface area contributed by atoms with E-state index in [1.54, 1.807) is 0 Å². The highest BCUT2D eigenvalue weighted by Gasteiger charge is 2.18. The van der Waals surface area contributed by atoms with Gasteiger partial charge in [0.25, 0.3) is 0 Å². The molecule has 1 aromatic carbocycles. The molecule has 0 spiro atoms. The standard InChI is InChI=1S/C13H16FNO3/c1-13(2,3)7-11(16)15-10-5-4-8(14)6-9(10)12(17)18/h4-6H,7H2,1-3H3,(H,15,16)(H,17,18). The summed E-state index contributed by atoms with van der Waals surface area (Å²) in [5, 5.41) is 11.4. The van der Waals surface area contributed by atoms with Crippen molar-refractivity contribution in [3.05, 3.63) is 29.6 Å². The van der Waals surface area contributed by atoms with E-state index >= 15 is 0 Å². The maximum atomic E-state index is 12.9. The Labute approximate surface area is 105 Å². The van der Waals surface area contributed by atoms with Gasteiger partial charge in [0, 0.05) is 6.42 Å². The summed E-state index contributed by atoms with van der Waals surface area (Å²) in [6, 6.07) is 3.24. The molecule has 2 N–H and O–H groups in total. The highest BCUT2D eigenvalue weighted by Crippen LogP contribution is 2.21. The predicted octanol–water partition coefficient (Wildman–Crippen LogP) is 2.90. The Morgan fingerprint density at radius 3 is 2.44 bits per heavy atom. The molecule has 0 heterocycles. The summed E-state index contributed by atoms with van der Waals surface area (Å²) in [5.74, 6) is -2.22. The summed E-state index contributed by atoms with van der Waals surface area (Å²) in [6.45, 7) is 5.69. The van der Waals surface area contributed by atoms with Crippen molar-refractivity contribution in [2.45, 2.75) is 27.2 Å². The van der Waals surface area contributed by atoms with Crippen molar-refractivity contribution < 1.29 is 19.1 Å². The molecule has 0 aliphatic carbocycles. The fourth-order valence-corrected chi connectivity index (χ4v) is 1.48. The van der Waals surface area contributed by atoms with Crippen LogP contribution in [0.2, 0.25) is 0 Å². The fraction of sp³-hybridized carbons (Fsp3) is 0.385. The predicted molar refractivity (Wildman–Crippen MR) is 66.1 cm³/mol. The molecule has 98 valence electrons. The highest BCUT2D eigenvalue weighted by molar-refractivity contribution is 6.00. The van der Waals surface area contributed by atoms with Crippen molar-refractivity contribution in [1.29, 1.82) is 0 Å². The third-order valence-electron chi connectivity index (χ3n) is 2.18. The average molecular weight is 253 g/mol. The summed E-state index contributed by atoms with van der Waals surface area (Å²) >= 11 is 0. The Hall–Kier alpha value is -1.91. The molecule has 0 saturated carbocycles. The van der Waals surface area contributed by atoms with Gasteiger partial charge in [-0.05, 0) is 23.6 Å². The summed E-state index contributed by atoms with van der Waals surface area (Å²) in [7, 11) is 0. The van der Waals surface area contributed by atoms with Gasteiger partial charge >= 0.3 is 5.97 Å². The minimum Gasteiger partial charge on any atom is -0.478 e. The van der Waals surface area contributed by atoms with Crippen molar-refractivity contribution in [3.8, 4) is 0 Å². The zero-order valence-electron chi connectivity index (χ0n) is 10.6. The SMILES string of the molecule is CC(C)(C)CC(=O)Nc1ccc(F)cc1C(=O)O. The van der Waals surface area contributed by atoms with E-state index in [0.29, 0.717) is 0 Å². The van der Waals surface area contributed by atoms with E-state index in [1.807, 2.05) is 20.8 Å². The van der Waals surface area contributed by atoms with E-state index < -0.39 is 11.8 Å². The van der Waals surface area contributed by atoms with E-state index in [0.717, 1.165) is 12.1 Å². The second-order valence-corrected chi connectivity index (χ2v) is 5.28. The Bertz CT molecular complexity index is 478. The van der Waals surface area contributed by atoms with Crippen LogP contribution in [0.25, 0.3) is 0 Å². The number of carboxylic acid groups (broad SMARTS) is 1. The number of carbonyl (C=O) groups is 2. The summed E-state index contributed by atoms with van der Waals surface area (Å²) in [5.41, 5.74) is -0.344. The molecule has 0 saturated heterocycles. The molecule has 18 heavy (non-hydrogen) atoms. The molecule has 0 aliphatic rings. The highest BCUT2D eigenvalue weighted by atomic mass is 19.1. The Balaban J connectivity index is 2.91. The van der Waals surface area contributed by atoms with Crippen LogP contribution in [0, 0.1) is 11.2 Å². The molecular weight excluding hydrogens is 237 g/mol. The molecule has 0 aliphatic heterocycles. The number of carbonyl (C=O) groups excluding carboxylic acids is 1. The number of benzene rings is 1. The monoisotopic (exact) mass is 253 g/mol. The number of amides is 1. The van der Waals surface area contributed by atoms with Gasteiger partial charge in [-0.15, -0.1) is 0 Å². The lowest BCUT2D eigenvalue weighted by Gasteiger charge is -2.17. The molecule has 0 atom stereocenters. The third-order valence-corrected chi connectivity index (χ3v) is 2.18. The Morgan fingerprint density at radius 1 is 1.33 bits per heavy atom. The number of rotatable bonds is 3. The van der Waals surface area contributed by atoms with Gasteiger partial charge in [-0.2, -0.15) is 0 Å². The van der Waals surface area contributed by atoms with Gasteiger partial charge < -0.3 is 10.4 Å². The van der Waals surface area contributed by atoms with E-state index in [-0.39, 0.29) is 29.0 Å². The number of halogens is 1. The van der Waals surface area contributed by atoms with Gasteiger partial charge in [-0.3, -0.25) is 4.79 Å². The maximum Gasteiger partial charge on any atom is 0.337 e. The van der Waals surface area contributed by atoms with Crippen LogP contribution in [-0.4, -0.2) is 17.0 Å². The van der Waals surface area contributed by atoms with Crippen LogP contribution in [0.5, 0.6) is 0 Å². The number of aromatic carboxylic acids is 1. The van der Waals surface area contributed by atoms with Crippen LogP contribution in [0.1, 0.15) is 37.6 Å². The zero-order chi connectivity index (χ0) is 13.9. The van der Waals surface area contributed by atoms with Crippen molar-refractivity contribution in [2.24, 2.45) is 5.41 Å². The lowest BCUT2D eigenvalue weighted by atomic mass is 9.92. The van der Waals surface area contributed by atoms with Gasteiger partial charge in [-0.1, -0.05) is 20.8 Å². The van der Waals surface area contributed by atoms with Crippen molar-refractivity contribution in [1.82, 2.24) is 0 Å². The second-order valence-electron chi connectivity index (χ2n) is 5.28. The number of anilines is 1. The maximum absolute atomic E-state index is 12.9. The van der Waals surface area contributed by atoms with E-state index in [9.17, 15) is 14.0 Å². The average Bonchev–Trinajstić information content (AvgIpc) is 2.17. The first-order chi connectivity index (χ1) is 8.19. The second kappa shape index (κ2) is 5.16.